The summed E-state index contributed by atoms with van der Waals surface area (Å²) in [6.07, 6.45) is 5.72. The Kier molecular flexibility index (Phi) is 4.53. The van der Waals surface area contributed by atoms with E-state index >= 15 is 0 Å². The summed E-state index contributed by atoms with van der Waals surface area (Å²) in [4.78, 5) is 9.86. The first-order chi connectivity index (χ1) is 9.85. The number of nitrogens with one attached hydrogen (secondary N) is 1. The van der Waals surface area contributed by atoms with Gasteiger partial charge in [0, 0.05) is 45.8 Å². The lowest BCUT2D eigenvalue weighted by Crippen LogP contribution is -2.49. The van der Waals surface area contributed by atoms with Crippen molar-refractivity contribution in [3.63, 3.8) is 0 Å². The van der Waals surface area contributed by atoms with Crippen molar-refractivity contribution in [1.82, 2.24) is 14.8 Å². The van der Waals surface area contributed by atoms with E-state index in [-0.39, 0.29) is 0 Å². The highest BCUT2D eigenvalue weighted by Crippen LogP contribution is 2.24. The third-order valence-corrected chi connectivity index (χ3v) is 4.70. The van der Waals surface area contributed by atoms with Gasteiger partial charge in [0.15, 0.2) is 0 Å². The van der Waals surface area contributed by atoms with Gasteiger partial charge in [-0.15, -0.1) is 0 Å². The Labute approximate surface area is 122 Å². The van der Waals surface area contributed by atoms with Crippen molar-refractivity contribution < 1.29 is 0 Å². The van der Waals surface area contributed by atoms with E-state index in [1.54, 1.807) is 0 Å². The van der Waals surface area contributed by atoms with Crippen LogP contribution in [-0.4, -0.2) is 54.1 Å². The van der Waals surface area contributed by atoms with Gasteiger partial charge < -0.3 is 5.32 Å². The van der Waals surface area contributed by atoms with Crippen molar-refractivity contribution in [3.05, 3.63) is 23.9 Å². The average molecular weight is 274 g/mol. The quantitative estimate of drug-likeness (QED) is 0.912. The second kappa shape index (κ2) is 6.55. The number of anilines is 1. The molecule has 0 bridgehead atoms. The fraction of sp³-hybridized carbons (Fsp3) is 0.688. The van der Waals surface area contributed by atoms with Crippen LogP contribution in [0.1, 0.15) is 31.4 Å². The van der Waals surface area contributed by atoms with Gasteiger partial charge in [-0.25, -0.2) is 4.98 Å². The minimum Gasteiger partial charge on any atom is -0.373 e. The minimum absolute atomic E-state index is 0.878. The lowest BCUT2D eigenvalue weighted by atomic mass is 10.2. The first-order valence-corrected chi connectivity index (χ1v) is 7.95. The fourth-order valence-corrected chi connectivity index (χ4v) is 3.49. The molecule has 0 radical (unpaired) electrons. The molecule has 2 fully saturated rings. The Morgan fingerprint density at radius 3 is 2.60 bits per heavy atom. The summed E-state index contributed by atoms with van der Waals surface area (Å²) in [5.74, 6) is 0.965. The molecule has 2 heterocycles. The predicted molar refractivity (Wildman–Crippen MR) is 82.9 cm³/mol. The molecule has 110 valence electrons. The van der Waals surface area contributed by atoms with Gasteiger partial charge in [-0.1, -0.05) is 18.9 Å². The van der Waals surface area contributed by atoms with Gasteiger partial charge in [-0.2, -0.15) is 0 Å². The first-order valence-electron chi connectivity index (χ1n) is 7.95. The van der Waals surface area contributed by atoms with E-state index in [0.29, 0.717) is 0 Å². The SMILES string of the molecule is CNc1cccc(CN2CCN(C3CCCC3)CC2)n1. The summed E-state index contributed by atoms with van der Waals surface area (Å²) < 4.78 is 0. The van der Waals surface area contributed by atoms with E-state index in [4.69, 9.17) is 0 Å². The molecule has 0 atom stereocenters. The molecule has 0 unspecified atom stereocenters. The smallest absolute Gasteiger partial charge is 0.126 e. The normalized spacial score (nSPS) is 22.2. The molecule has 2 aliphatic rings. The molecule has 0 spiro atoms. The Hall–Kier alpha value is -1.13. The van der Waals surface area contributed by atoms with E-state index in [1.165, 1.54) is 57.6 Å². The summed E-state index contributed by atoms with van der Waals surface area (Å²) in [6.45, 7) is 5.81. The number of piperazine rings is 1. The maximum absolute atomic E-state index is 4.62. The van der Waals surface area contributed by atoms with Crippen LogP contribution in [0.2, 0.25) is 0 Å². The zero-order valence-electron chi connectivity index (χ0n) is 12.5. The van der Waals surface area contributed by atoms with Gasteiger partial charge in [-0.05, 0) is 25.0 Å². The third-order valence-electron chi connectivity index (χ3n) is 4.70. The van der Waals surface area contributed by atoms with Crippen LogP contribution in [0.5, 0.6) is 0 Å². The van der Waals surface area contributed by atoms with Gasteiger partial charge in [0.25, 0.3) is 0 Å². The summed E-state index contributed by atoms with van der Waals surface area (Å²) >= 11 is 0. The molecule has 1 aliphatic heterocycles. The highest BCUT2D eigenvalue weighted by molar-refractivity contribution is 5.34. The zero-order chi connectivity index (χ0) is 13.8. The van der Waals surface area contributed by atoms with Crippen LogP contribution in [0, 0.1) is 0 Å². The minimum atomic E-state index is 0.878. The van der Waals surface area contributed by atoms with Gasteiger partial charge in [0.2, 0.25) is 0 Å². The Morgan fingerprint density at radius 1 is 1.15 bits per heavy atom. The monoisotopic (exact) mass is 274 g/mol. The molecule has 0 amide bonds. The Balaban J connectivity index is 1.50. The molecular weight excluding hydrogens is 248 g/mol. The molecule has 0 aromatic carbocycles. The highest BCUT2D eigenvalue weighted by Gasteiger charge is 2.26. The molecule has 1 saturated heterocycles. The van der Waals surface area contributed by atoms with Gasteiger partial charge in [0.05, 0.1) is 5.69 Å². The van der Waals surface area contributed by atoms with E-state index in [2.05, 4.69) is 32.2 Å². The lowest BCUT2D eigenvalue weighted by molar-refractivity contribution is 0.0930. The standard InChI is InChI=1S/C16H26N4/c1-17-16-8-4-5-14(18-16)13-19-9-11-20(12-10-19)15-6-2-3-7-15/h4-5,8,15H,2-3,6-7,9-13H2,1H3,(H,17,18). The van der Waals surface area contributed by atoms with Crippen molar-refractivity contribution in [3.8, 4) is 0 Å². The summed E-state index contributed by atoms with van der Waals surface area (Å²) in [5.41, 5.74) is 1.17. The lowest BCUT2D eigenvalue weighted by Gasteiger charge is -2.37. The number of pyridine rings is 1. The van der Waals surface area contributed by atoms with Crippen LogP contribution in [0.15, 0.2) is 18.2 Å². The van der Waals surface area contributed by atoms with Crippen molar-refractivity contribution in [2.75, 3.05) is 38.5 Å². The largest absolute Gasteiger partial charge is 0.373 e. The molecule has 4 heteroatoms. The summed E-state index contributed by atoms with van der Waals surface area (Å²) in [7, 11) is 1.92. The molecule has 1 aromatic rings. The highest BCUT2D eigenvalue weighted by atomic mass is 15.3. The average Bonchev–Trinajstić information content (AvgIpc) is 3.02. The molecule has 1 aliphatic carbocycles. The second-order valence-electron chi connectivity index (χ2n) is 6.01. The molecule has 1 saturated carbocycles. The van der Waals surface area contributed by atoms with E-state index in [9.17, 15) is 0 Å². The number of hydrogen-bond acceptors (Lipinski definition) is 4. The summed E-state index contributed by atoms with van der Waals surface area (Å²) in [6, 6.07) is 7.11. The fourth-order valence-electron chi connectivity index (χ4n) is 3.49. The molecule has 1 aromatic heterocycles. The van der Waals surface area contributed by atoms with Crippen molar-refractivity contribution in [1.29, 1.82) is 0 Å². The first kappa shape index (κ1) is 13.8. The maximum Gasteiger partial charge on any atom is 0.126 e. The van der Waals surface area contributed by atoms with Crippen LogP contribution < -0.4 is 5.32 Å². The van der Waals surface area contributed by atoms with Crippen LogP contribution in [0.3, 0.4) is 0 Å². The van der Waals surface area contributed by atoms with E-state index in [1.807, 2.05) is 13.1 Å². The zero-order valence-corrected chi connectivity index (χ0v) is 12.5. The van der Waals surface area contributed by atoms with E-state index < -0.39 is 0 Å². The molecule has 20 heavy (non-hydrogen) atoms. The topological polar surface area (TPSA) is 31.4 Å². The van der Waals surface area contributed by atoms with Crippen molar-refractivity contribution in [2.24, 2.45) is 0 Å². The van der Waals surface area contributed by atoms with Crippen molar-refractivity contribution in [2.45, 2.75) is 38.3 Å². The van der Waals surface area contributed by atoms with Gasteiger partial charge in [0.1, 0.15) is 5.82 Å². The third kappa shape index (κ3) is 3.30. The Morgan fingerprint density at radius 2 is 1.90 bits per heavy atom. The second-order valence-corrected chi connectivity index (χ2v) is 6.01. The van der Waals surface area contributed by atoms with E-state index in [0.717, 1.165) is 18.4 Å². The number of hydrogen-bond donors (Lipinski definition) is 1. The molecule has 4 nitrogen and oxygen atoms in total. The number of aromatic nitrogens is 1. The number of rotatable bonds is 4. The van der Waals surface area contributed by atoms with Crippen LogP contribution in [0.25, 0.3) is 0 Å². The molecular formula is C16H26N4. The maximum atomic E-state index is 4.62. The van der Waals surface area contributed by atoms with Crippen LogP contribution in [0.4, 0.5) is 5.82 Å². The summed E-state index contributed by atoms with van der Waals surface area (Å²) in [5, 5.41) is 3.11. The van der Waals surface area contributed by atoms with Gasteiger partial charge >= 0.3 is 0 Å². The van der Waals surface area contributed by atoms with Crippen LogP contribution >= 0.6 is 0 Å². The number of nitrogens with zero attached hydrogens (tertiary/aromatic N) is 3. The van der Waals surface area contributed by atoms with Gasteiger partial charge in [-0.3, -0.25) is 9.80 Å². The molecule has 3 rings (SSSR count). The Bertz CT molecular complexity index is 420. The molecule has 1 N–H and O–H groups in total. The van der Waals surface area contributed by atoms with Crippen molar-refractivity contribution >= 4 is 5.82 Å². The predicted octanol–water partition coefficient (Wildman–Crippen LogP) is 2.18. The van der Waals surface area contributed by atoms with Crippen LogP contribution in [-0.2, 0) is 6.54 Å².